The Hall–Kier alpha value is -2.41. The van der Waals surface area contributed by atoms with E-state index in [0.29, 0.717) is 19.4 Å². The van der Waals surface area contributed by atoms with Crippen molar-refractivity contribution < 1.29 is 19.4 Å². The van der Waals surface area contributed by atoms with Gasteiger partial charge in [0.1, 0.15) is 6.61 Å². The number of nitrogens with two attached hydrogens (primary N) is 1. The molecule has 158 valence electrons. The Morgan fingerprint density at radius 3 is 2.28 bits per heavy atom. The maximum Gasteiger partial charge on any atom is 0.407 e. The number of hydrogen-bond acceptors (Lipinski definition) is 5. The van der Waals surface area contributed by atoms with Crippen molar-refractivity contribution in [1.29, 1.82) is 0 Å². The minimum absolute atomic E-state index is 0.254. The topological polar surface area (TPSA) is 93.8 Å². The van der Waals surface area contributed by atoms with E-state index in [1.54, 1.807) is 7.11 Å². The highest BCUT2D eigenvalue weighted by Crippen LogP contribution is 2.14. The molecule has 6 heteroatoms. The highest BCUT2D eigenvalue weighted by Gasteiger charge is 2.25. The summed E-state index contributed by atoms with van der Waals surface area (Å²) >= 11 is 0. The van der Waals surface area contributed by atoms with Gasteiger partial charge < -0.3 is 25.6 Å². The lowest BCUT2D eigenvalue weighted by molar-refractivity contribution is -0.0290. The molecule has 4 N–H and O–H groups in total. The van der Waals surface area contributed by atoms with Crippen LogP contribution in [0.2, 0.25) is 0 Å². The highest BCUT2D eigenvalue weighted by molar-refractivity contribution is 5.67. The van der Waals surface area contributed by atoms with Gasteiger partial charge in [0.15, 0.2) is 0 Å². The second-order valence-electron chi connectivity index (χ2n) is 7.10. The average Bonchev–Trinajstić information content (AvgIpc) is 2.75. The SMILES string of the molecule is CO[C@H](CCCCNC(=O)OCc1ccccc1)[C@H](O)[C@@H](N)Cc1ccccc1. The lowest BCUT2D eigenvalue weighted by atomic mass is 9.96. The molecule has 0 spiro atoms. The lowest BCUT2D eigenvalue weighted by Crippen LogP contribution is -2.45. The summed E-state index contributed by atoms with van der Waals surface area (Å²) in [5, 5.41) is 13.3. The Morgan fingerprint density at radius 2 is 1.66 bits per heavy atom. The van der Waals surface area contributed by atoms with Crippen molar-refractivity contribution in [3.05, 3.63) is 71.8 Å². The zero-order valence-corrected chi connectivity index (χ0v) is 17.0. The van der Waals surface area contributed by atoms with Gasteiger partial charge in [-0.25, -0.2) is 4.79 Å². The summed E-state index contributed by atoms with van der Waals surface area (Å²) in [5.74, 6) is 0. The Balaban J connectivity index is 1.61. The molecule has 29 heavy (non-hydrogen) atoms. The molecule has 3 atom stereocenters. The summed E-state index contributed by atoms with van der Waals surface area (Å²) in [4.78, 5) is 11.7. The zero-order valence-electron chi connectivity index (χ0n) is 17.0. The fourth-order valence-electron chi connectivity index (χ4n) is 3.15. The fraction of sp³-hybridized carbons (Fsp3) is 0.435. The largest absolute Gasteiger partial charge is 0.445 e. The third-order valence-electron chi connectivity index (χ3n) is 4.83. The molecular formula is C23H32N2O4. The number of nitrogens with one attached hydrogen (secondary N) is 1. The molecule has 2 aromatic rings. The number of alkyl carbamates (subject to hydrolysis) is 1. The molecule has 0 aromatic heterocycles. The number of amides is 1. The highest BCUT2D eigenvalue weighted by atomic mass is 16.5. The molecule has 2 aromatic carbocycles. The molecule has 0 aliphatic rings. The van der Waals surface area contributed by atoms with Crippen molar-refractivity contribution in [1.82, 2.24) is 5.32 Å². The molecule has 0 unspecified atom stereocenters. The standard InChI is InChI=1S/C23H32N2O4/c1-28-21(22(26)20(24)16-18-10-4-2-5-11-18)14-8-9-15-25-23(27)29-17-19-12-6-3-7-13-19/h2-7,10-13,20-22,26H,8-9,14-17,24H2,1H3,(H,25,27)/t20-,21+,22+/m0/s1. The van der Waals surface area contributed by atoms with Crippen LogP contribution in [0, 0.1) is 0 Å². The number of methoxy groups -OCH3 is 1. The molecule has 6 nitrogen and oxygen atoms in total. The number of benzene rings is 2. The summed E-state index contributed by atoms with van der Waals surface area (Å²) in [5.41, 5.74) is 8.21. The van der Waals surface area contributed by atoms with Gasteiger partial charge >= 0.3 is 6.09 Å². The van der Waals surface area contributed by atoms with E-state index in [0.717, 1.165) is 24.0 Å². The Bertz CT molecular complexity index is 697. The van der Waals surface area contributed by atoms with Gasteiger partial charge in [-0.1, -0.05) is 60.7 Å². The third-order valence-corrected chi connectivity index (χ3v) is 4.83. The van der Waals surface area contributed by atoms with E-state index in [9.17, 15) is 9.90 Å². The van der Waals surface area contributed by atoms with E-state index < -0.39 is 18.2 Å². The first-order valence-corrected chi connectivity index (χ1v) is 10.0. The van der Waals surface area contributed by atoms with Gasteiger partial charge in [0, 0.05) is 19.7 Å². The minimum atomic E-state index is -0.746. The average molecular weight is 401 g/mol. The second-order valence-corrected chi connectivity index (χ2v) is 7.10. The third kappa shape index (κ3) is 8.64. The number of ether oxygens (including phenoxy) is 2. The second kappa shape index (κ2) is 12.9. The lowest BCUT2D eigenvalue weighted by Gasteiger charge is -2.26. The number of aliphatic hydroxyl groups is 1. The van der Waals surface area contributed by atoms with Crippen molar-refractivity contribution in [2.24, 2.45) is 5.73 Å². The van der Waals surface area contributed by atoms with Crippen LogP contribution in [0.4, 0.5) is 4.79 Å². The number of rotatable bonds is 12. The molecule has 0 aliphatic carbocycles. The smallest absolute Gasteiger partial charge is 0.407 e. The van der Waals surface area contributed by atoms with Crippen molar-refractivity contribution in [3.63, 3.8) is 0 Å². The van der Waals surface area contributed by atoms with Gasteiger partial charge in [-0.2, -0.15) is 0 Å². The molecule has 1 amide bonds. The number of unbranched alkanes of at least 4 members (excludes halogenated alkanes) is 1. The van der Waals surface area contributed by atoms with Gasteiger partial charge in [-0.3, -0.25) is 0 Å². The van der Waals surface area contributed by atoms with Crippen LogP contribution in [0.25, 0.3) is 0 Å². The zero-order chi connectivity index (χ0) is 20.9. The molecule has 0 heterocycles. The van der Waals surface area contributed by atoms with Crippen LogP contribution in [-0.4, -0.2) is 43.1 Å². The van der Waals surface area contributed by atoms with E-state index in [-0.39, 0.29) is 12.7 Å². The minimum Gasteiger partial charge on any atom is -0.445 e. The number of carbonyl (C=O) groups excluding carboxylic acids is 1. The molecule has 0 aliphatic heterocycles. The van der Waals surface area contributed by atoms with Gasteiger partial charge in [-0.15, -0.1) is 0 Å². The summed E-state index contributed by atoms with van der Waals surface area (Å²) < 4.78 is 10.6. The molecule has 2 rings (SSSR count). The van der Waals surface area contributed by atoms with Gasteiger partial charge in [0.05, 0.1) is 12.2 Å². The van der Waals surface area contributed by atoms with Crippen LogP contribution in [0.5, 0.6) is 0 Å². The molecule has 0 saturated heterocycles. The van der Waals surface area contributed by atoms with E-state index in [4.69, 9.17) is 15.2 Å². The monoisotopic (exact) mass is 400 g/mol. The Kier molecular flexibility index (Phi) is 10.2. The summed E-state index contributed by atoms with van der Waals surface area (Å²) in [6.07, 6.45) is 1.32. The predicted molar refractivity (Wildman–Crippen MR) is 113 cm³/mol. The van der Waals surface area contributed by atoms with Gasteiger partial charge in [0.2, 0.25) is 0 Å². The molecule has 0 saturated carbocycles. The quantitative estimate of drug-likeness (QED) is 0.476. The van der Waals surface area contributed by atoms with Crippen molar-refractivity contribution in [2.45, 2.75) is 50.5 Å². The number of carbonyl (C=O) groups is 1. The van der Waals surface area contributed by atoms with Crippen molar-refractivity contribution in [2.75, 3.05) is 13.7 Å². The van der Waals surface area contributed by atoms with Crippen molar-refractivity contribution in [3.8, 4) is 0 Å². The Labute approximate surface area is 173 Å². The van der Waals surface area contributed by atoms with Gasteiger partial charge in [0.25, 0.3) is 0 Å². The summed E-state index contributed by atoms with van der Waals surface area (Å²) in [6, 6.07) is 19.0. The first kappa shape index (κ1) is 22.9. The normalized spacial score (nSPS) is 14.0. The van der Waals surface area contributed by atoms with E-state index in [2.05, 4.69) is 5.32 Å². The van der Waals surface area contributed by atoms with Gasteiger partial charge in [-0.05, 0) is 36.8 Å². The maximum absolute atomic E-state index is 11.7. The molecule has 0 fully saturated rings. The van der Waals surface area contributed by atoms with Crippen LogP contribution in [-0.2, 0) is 22.5 Å². The first-order chi connectivity index (χ1) is 14.1. The molecular weight excluding hydrogens is 368 g/mol. The first-order valence-electron chi connectivity index (χ1n) is 10.0. The summed E-state index contributed by atoms with van der Waals surface area (Å²) in [6.45, 7) is 0.764. The molecule has 0 radical (unpaired) electrons. The fourth-order valence-corrected chi connectivity index (χ4v) is 3.15. The van der Waals surface area contributed by atoms with Crippen LogP contribution in [0.1, 0.15) is 30.4 Å². The Morgan fingerprint density at radius 1 is 1.03 bits per heavy atom. The summed E-state index contributed by atoms with van der Waals surface area (Å²) in [7, 11) is 1.59. The van der Waals surface area contributed by atoms with Crippen molar-refractivity contribution >= 4 is 6.09 Å². The number of aliphatic hydroxyl groups excluding tert-OH is 1. The van der Waals surface area contributed by atoms with E-state index in [1.807, 2.05) is 60.7 Å². The van der Waals surface area contributed by atoms with Crippen LogP contribution in [0.15, 0.2) is 60.7 Å². The van der Waals surface area contributed by atoms with Crippen LogP contribution < -0.4 is 11.1 Å². The number of hydrogen-bond donors (Lipinski definition) is 3. The van der Waals surface area contributed by atoms with E-state index in [1.165, 1.54) is 0 Å². The maximum atomic E-state index is 11.7. The predicted octanol–water partition coefficient (Wildman–Crippen LogP) is 3.03. The van der Waals surface area contributed by atoms with E-state index >= 15 is 0 Å². The molecule has 0 bridgehead atoms. The van der Waals surface area contributed by atoms with Crippen LogP contribution in [0.3, 0.4) is 0 Å². The van der Waals surface area contributed by atoms with Crippen LogP contribution >= 0.6 is 0 Å².